The van der Waals surface area contributed by atoms with Crippen molar-refractivity contribution in [2.24, 2.45) is 0 Å². The highest BCUT2D eigenvalue weighted by atomic mass is 32.2. The molecule has 56 heteroatoms. The predicted molar refractivity (Wildman–Crippen MR) is 415 cm³/mol. The average Bonchev–Trinajstić information content (AvgIpc) is 1.77. The fourth-order valence-electron chi connectivity index (χ4n) is 16.5. The van der Waals surface area contributed by atoms with Crippen LogP contribution >= 0.6 is 23.5 Å². The van der Waals surface area contributed by atoms with Crippen LogP contribution in [0.25, 0.3) is 0 Å². The molecule has 40 unspecified atom stereocenters. The van der Waals surface area contributed by atoms with Gasteiger partial charge in [0, 0.05) is 54.8 Å². The molecule has 0 saturated carbocycles. The molecule has 42 atom stereocenters. The van der Waals surface area contributed by atoms with E-state index < -0.39 is 379 Å². The SMILES string of the molecule is CCSC1CC(=O)N(CNC(=O)C2OC(OC3C(O)C(CO)O[C@@H](C)C3NC(C)=O)C(O)C(O)C2OC2OC(CO)C(O)C(OC3OC(C(=O)NCN4C(=O)CC(SCNC(=O)C5OC(OC6C(O)C(CO)OC(OC7C(C(=O)O)OC(OC8C(O)C(CO)O[C@H](C)C8NC(C)=O)C(O)C7O)C6NC(C)=O)C(O)C(O)C5OC)C4=O)C(OC)C(O)C3O)C2NC(C)=O)C1=O. The maximum absolute atomic E-state index is 14.6. The van der Waals surface area contributed by atoms with E-state index in [4.69, 9.17) is 75.8 Å². The second-order valence-corrected chi connectivity index (χ2v) is 34.5. The largest absolute Gasteiger partial charge is 0.479 e. The van der Waals surface area contributed by atoms with Crippen molar-refractivity contribution in [2.75, 3.05) is 65.6 Å². The number of aliphatic hydroxyl groups excluding tert-OH is 16. The highest BCUT2D eigenvalue weighted by Gasteiger charge is 2.62. The number of ether oxygens (including phenoxy) is 16. The van der Waals surface area contributed by atoms with Gasteiger partial charge >= 0.3 is 5.97 Å². The molecular formula is C73H113N9O45S2. The summed E-state index contributed by atoms with van der Waals surface area (Å²) < 4.78 is 93.2. The molecule has 10 aliphatic rings. The minimum atomic E-state index is -2.41. The summed E-state index contributed by atoms with van der Waals surface area (Å²) in [5.41, 5.74) is 0. The van der Waals surface area contributed by atoms with Gasteiger partial charge in [-0.3, -0.25) is 62.5 Å². The second kappa shape index (κ2) is 45.7. The molecule has 10 rings (SSSR count). The van der Waals surface area contributed by atoms with Gasteiger partial charge in [-0.2, -0.15) is 0 Å². The van der Waals surface area contributed by atoms with Crippen molar-refractivity contribution in [3.63, 3.8) is 0 Å². The van der Waals surface area contributed by atoms with E-state index in [0.29, 0.717) is 27.3 Å². The van der Waals surface area contributed by atoms with Crippen LogP contribution in [0.4, 0.5) is 0 Å². The maximum atomic E-state index is 14.6. The maximum Gasteiger partial charge on any atom is 0.335 e. The van der Waals surface area contributed by atoms with Gasteiger partial charge in [0.25, 0.3) is 17.7 Å². The van der Waals surface area contributed by atoms with Crippen LogP contribution in [-0.2, 0) is 133 Å². The number of hydrogen-bond acceptors (Lipinski definition) is 46. The van der Waals surface area contributed by atoms with Crippen LogP contribution in [0, 0.1) is 0 Å². The molecule has 0 aromatic rings. The number of imide groups is 2. The monoisotopic (exact) mass is 1900 g/mol. The molecule has 129 heavy (non-hydrogen) atoms. The van der Waals surface area contributed by atoms with Crippen molar-refractivity contribution in [2.45, 2.75) is 317 Å². The lowest BCUT2D eigenvalue weighted by Crippen LogP contribution is -2.71. The smallest absolute Gasteiger partial charge is 0.335 e. The first-order chi connectivity index (χ1) is 61.0. The molecule has 24 N–H and O–H groups in total. The molecule has 10 fully saturated rings. The van der Waals surface area contributed by atoms with Crippen LogP contribution in [0.5, 0.6) is 0 Å². The summed E-state index contributed by atoms with van der Waals surface area (Å²) in [5, 5.41) is 206. The number of nitrogens with zero attached hydrogens (tertiary/aromatic N) is 2. The van der Waals surface area contributed by atoms with E-state index >= 15 is 0 Å². The number of likely N-dealkylation sites (tertiary alicyclic amines) is 2. The minimum absolute atomic E-state index is 0.242. The summed E-state index contributed by atoms with van der Waals surface area (Å²) in [5.74, 6) is -12.4. The second-order valence-electron chi connectivity index (χ2n) is 31.8. The van der Waals surface area contributed by atoms with Crippen LogP contribution in [0.2, 0.25) is 0 Å². The fourth-order valence-corrected chi connectivity index (χ4v) is 18.4. The van der Waals surface area contributed by atoms with Crippen LogP contribution in [0.15, 0.2) is 0 Å². The number of thioether (sulfide) groups is 2. The van der Waals surface area contributed by atoms with Gasteiger partial charge in [-0.15, -0.1) is 23.5 Å². The zero-order chi connectivity index (χ0) is 95.1. The Bertz CT molecular complexity index is 3900. The van der Waals surface area contributed by atoms with Gasteiger partial charge in [-0.25, -0.2) is 4.79 Å². The Kier molecular flexibility index (Phi) is 37.0. The van der Waals surface area contributed by atoms with Crippen molar-refractivity contribution in [1.82, 2.24) is 47.0 Å². The number of hydrogen-bond donors (Lipinski definition) is 24. The first kappa shape index (κ1) is 105. The first-order valence-electron chi connectivity index (χ1n) is 40.9. The van der Waals surface area contributed by atoms with Gasteiger partial charge in [0.05, 0.1) is 67.1 Å². The molecule has 10 saturated heterocycles. The fraction of sp³-hybridized carbons (Fsp3) is 0.836. The Labute approximate surface area is 741 Å². The van der Waals surface area contributed by atoms with Gasteiger partial charge in [0.1, 0.15) is 172 Å². The number of aliphatic hydroxyl groups is 16. The number of carbonyl (C=O) groups is 12. The summed E-state index contributed by atoms with van der Waals surface area (Å²) in [4.78, 5) is 162. The first-order valence-corrected chi connectivity index (χ1v) is 43.0. The zero-order valence-electron chi connectivity index (χ0n) is 70.6. The van der Waals surface area contributed by atoms with Crippen molar-refractivity contribution in [3.05, 3.63) is 0 Å². The van der Waals surface area contributed by atoms with E-state index in [1.165, 1.54) is 13.8 Å². The van der Waals surface area contributed by atoms with Crippen LogP contribution < -0.4 is 37.2 Å². The summed E-state index contributed by atoms with van der Waals surface area (Å²) in [6, 6.07) is -6.42. The van der Waals surface area contributed by atoms with Crippen molar-refractivity contribution < 1.29 is 220 Å². The van der Waals surface area contributed by atoms with Gasteiger partial charge in [-0.05, 0) is 19.6 Å². The van der Waals surface area contributed by atoms with Crippen LogP contribution in [0.1, 0.15) is 61.3 Å². The summed E-state index contributed by atoms with van der Waals surface area (Å²) >= 11 is 1.78. The number of carbonyl (C=O) groups excluding carboxylic acids is 11. The number of nitrogens with one attached hydrogen (secondary N) is 7. The van der Waals surface area contributed by atoms with E-state index in [1.54, 1.807) is 6.92 Å². The van der Waals surface area contributed by atoms with E-state index in [-0.39, 0.29) is 6.42 Å². The number of rotatable bonds is 35. The standard InChI is InChI=1S/C73H113N9O45S2/c1-10-128-30-11-32(91)81(65(30)108)18-75-63(106)60-56(44(99)48(103)72(126-60)118-50-34(77-22(4)87)20(2)114-26(13-83)38(50)93)122-68-36(79-24(6)89)52(40(95)28(15-85)116-68)120-70-46(101)42(97)54(112-8)58(124-70)62(105)74-17-82-33(92)12-31(66(82)109)129-19-76-64(107)59-55(113-9)43(98)47(102)71(125-59)121-53-37(80-25(7)90)69(117-29(16-86)41(53)96)123-57-45(100)49(104)73(127-61(57)67(110)111)119-51-35(78-23(5)88)21(3)115-27(14-84)39(51)94/h20-21,26-31,34-61,68-73,83-86,93-104H,10-19H2,1-9H3,(H,74,105)(H,75,106)(H,76,107)(H,77,87)(H,78,88)(H,79,89)(H,80,90)(H,110,111)/t20-,21+,26?,27?,28?,29?,30?,31?,34?,35?,36?,37?,38?,39?,40?,41?,42?,43?,44?,45?,46?,47?,48?,49?,50?,51?,52?,53?,54?,55?,56?,57?,58?,59?,60?,61?,68?,69?,70?,71?,72?,73?/m0/s1. The molecule has 54 nitrogen and oxygen atoms in total. The molecule has 0 aromatic carbocycles. The molecule has 11 amide bonds. The van der Waals surface area contributed by atoms with E-state index in [0.717, 1.165) is 53.7 Å². The van der Waals surface area contributed by atoms with Gasteiger partial charge < -0.3 is 200 Å². The average molecular weight is 1900 g/mol. The molecule has 732 valence electrons. The minimum Gasteiger partial charge on any atom is -0.479 e. The number of carboxylic acids is 1. The van der Waals surface area contributed by atoms with Crippen LogP contribution in [-0.4, -0.2) is 489 Å². The number of aliphatic carboxylic acids is 1. The normalized spacial score (nSPS) is 42.7. The lowest BCUT2D eigenvalue weighted by Gasteiger charge is -2.50. The molecule has 10 heterocycles. The molecule has 0 aliphatic carbocycles. The van der Waals surface area contributed by atoms with Crippen molar-refractivity contribution >= 4 is 94.5 Å². The molecule has 10 aliphatic heterocycles. The number of methoxy groups -OCH3 is 2. The summed E-state index contributed by atoms with van der Waals surface area (Å²) in [6.45, 7) is 3.09. The van der Waals surface area contributed by atoms with Crippen LogP contribution in [0.3, 0.4) is 0 Å². The highest BCUT2D eigenvalue weighted by Crippen LogP contribution is 2.40. The third-order valence-electron chi connectivity index (χ3n) is 23.1. The Hall–Kier alpha value is -6.54. The topological polar surface area (TPSA) is 787 Å². The lowest BCUT2D eigenvalue weighted by molar-refractivity contribution is -0.366. The molecule has 0 aromatic heterocycles. The predicted octanol–water partition coefficient (Wildman–Crippen LogP) is -16.4. The van der Waals surface area contributed by atoms with E-state index in [2.05, 4.69) is 37.2 Å². The van der Waals surface area contributed by atoms with Gasteiger partial charge in [-0.1, -0.05) is 6.92 Å². The molecule has 0 radical (unpaired) electrons. The number of carboxylic acid groups (broad SMARTS) is 1. The number of amides is 11. The highest BCUT2D eigenvalue weighted by molar-refractivity contribution is 8.00. The third kappa shape index (κ3) is 23.3. The quantitative estimate of drug-likeness (QED) is 0.0207. The third-order valence-corrected chi connectivity index (χ3v) is 25.3. The zero-order valence-corrected chi connectivity index (χ0v) is 72.2. The Balaban J connectivity index is 0.790. The van der Waals surface area contributed by atoms with Gasteiger partial charge in [0.2, 0.25) is 47.3 Å². The summed E-state index contributed by atoms with van der Waals surface area (Å²) in [7, 11) is 1.96. The molecular weight excluding hydrogens is 1790 g/mol. The Morgan fingerprint density at radius 3 is 0.961 bits per heavy atom. The van der Waals surface area contributed by atoms with E-state index in [1.807, 2.05) is 0 Å². The summed E-state index contributed by atoms with van der Waals surface area (Å²) in [6.07, 6.45) is -73.0. The molecule has 0 spiro atoms. The molecule has 0 bridgehead atoms. The van der Waals surface area contributed by atoms with E-state index in [9.17, 15) is 144 Å². The Morgan fingerprint density at radius 1 is 0.364 bits per heavy atom. The van der Waals surface area contributed by atoms with Gasteiger partial charge in [0.15, 0.2) is 62.2 Å². The Morgan fingerprint density at radius 2 is 0.643 bits per heavy atom. The van der Waals surface area contributed by atoms with Crippen molar-refractivity contribution in [1.29, 1.82) is 0 Å². The van der Waals surface area contributed by atoms with Crippen molar-refractivity contribution in [3.8, 4) is 0 Å². The lowest BCUT2D eigenvalue weighted by atomic mass is 9.92.